The van der Waals surface area contributed by atoms with Crippen molar-refractivity contribution in [1.29, 1.82) is 0 Å². The number of anilines is 1. The lowest BCUT2D eigenvalue weighted by Crippen LogP contribution is -2.16. The molecule has 0 aliphatic carbocycles. The Hall–Kier alpha value is -2.17. The number of hydrogen-bond acceptors (Lipinski definition) is 4. The second-order valence-electron chi connectivity index (χ2n) is 5.60. The van der Waals surface area contributed by atoms with E-state index in [0.29, 0.717) is 6.42 Å². The van der Waals surface area contributed by atoms with E-state index in [9.17, 15) is 5.11 Å². The summed E-state index contributed by atoms with van der Waals surface area (Å²) in [6, 6.07) is 20.4. The minimum atomic E-state index is -0.374. The maximum atomic E-state index is 9.79. The van der Waals surface area contributed by atoms with Crippen LogP contribution < -0.4 is 5.32 Å². The summed E-state index contributed by atoms with van der Waals surface area (Å²) in [7, 11) is 0. The normalized spacial score (nSPS) is 13.5. The Balaban J connectivity index is 1.79. The number of nitrogens with zero attached hydrogens (tertiary/aromatic N) is 1. The molecule has 2 unspecified atom stereocenters. The van der Waals surface area contributed by atoms with E-state index in [1.165, 1.54) is 0 Å². The van der Waals surface area contributed by atoms with Crippen molar-refractivity contribution in [3.05, 3.63) is 71.6 Å². The first-order valence-electron chi connectivity index (χ1n) is 7.73. The van der Waals surface area contributed by atoms with E-state index in [4.69, 9.17) is 0 Å². The molecule has 0 amide bonds. The van der Waals surface area contributed by atoms with Gasteiger partial charge in [-0.05, 0) is 18.9 Å². The van der Waals surface area contributed by atoms with Crippen molar-refractivity contribution < 1.29 is 5.11 Å². The maximum Gasteiger partial charge on any atom is 0.183 e. The second kappa shape index (κ2) is 7.40. The van der Waals surface area contributed by atoms with Gasteiger partial charge >= 0.3 is 0 Å². The summed E-state index contributed by atoms with van der Waals surface area (Å²) in [5.74, 6) is 0. The number of thiazole rings is 1. The highest BCUT2D eigenvalue weighted by atomic mass is 32.1. The molecule has 1 heterocycles. The molecular weight excluding hydrogens is 304 g/mol. The van der Waals surface area contributed by atoms with Crippen molar-refractivity contribution in [2.75, 3.05) is 5.32 Å². The predicted octanol–water partition coefficient (Wildman–Crippen LogP) is 4.73. The van der Waals surface area contributed by atoms with Gasteiger partial charge in [0.15, 0.2) is 5.13 Å². The van der Waals surface area contributed by atoms with Crippen molar-refractivity contribution in [2.45, 2.75) is 25.5 Å². The smallest absolute Gasteiger partial charge is 0.183 e. The highest BCUT2D eigenvalue weighted by Gasteiger charge is 2.15. The van der Waals surface area contributed by atoms with E-state index in [-0.39, 0.29) is 12.1 Å². The molecule has 0 bridgehead atoms. The summed E-state index contributed by atoms with van der Waals surface area (Å²) in [5, 5.41) is 16.2. The van der Waals surface area contributed by atoms with Crippen LogP contribution in [0.1, 0.15) is 24.9 Å². The van der Waals surface area contributed by atoms with Crippen LogP contribution in [0, 0.1) is 0 Å². The van der Waals surface area contributed by atoms with Gasteiger partial charge in [-0.3, -0.25) is 0 Å². The third-order valence-electron chi connectivity index (χ3n) is 3.65. The molecule has 0 saturated heterocycles. The van der Waals surface area contributed by atoms with Crippen LogP contribution in [0.4, 0.5) is 5.13 Å². The molecule has 1 aromatic heterocycles. The van der Waals surface area contributed by atoms with Gasteiger partial charge in [0.2, 0.25) is 0 Å². The van der Waals surface area contributed by atoms with Gasteiger partial charge < -0.3 is 10.4 Å². The van der Waals surface area contributed by atoms with Crippen LogP contribution in [0.5, 0.6) is 0 Å². The molecule has 2 N–H and O–H groups in total. The van der Waals surface area contributed by atoms with Crippen LogP contribution in [0.15, 0.2) is 66.0 Å². The molecule has 3 nitrogen and oxygen atoms in total. The topological polar surface area (TPSA) is 45.1 Å². The Morgan fingerprint density at radius 1 is 1.04 bits per heavy atom. The molecule has 3 rings (SSSR count). The molecule has 3 aromatic rings. The van der Waals surface area contributed by atoms with Crippen molar-refractivity contribution in [3.8, 4) is 11.3 Å². The lowest BCUT2D eigenvalue weighted by atomic mass is 10.0. The lowest BCUT2D eigenvalue weighted by Gasteiger charge is -2.20. The average Bonchev–Trinajstić information content (AvgIpc) is 3.04. The van der Waals surface area contributed by atoms with Gasteiger partial charge in [-0.1, -0.05) is 60.7 Å². The molecule has 2 atom stereocenters. The lowest BCUT2D eigenvalue weighted by molar-refractivity contribution is 0.177. The highest BCUT2D eigenvalue weighted by Crippen LogP contribution is 2.29. The van der Waals surface area contributed by atoms with Crippen molar-refractivity contribution in [3.63, 3.8) is 0 Å². The number of aliphatic hydroxyl groups is 1. The van der Waals surface area contributed by atoms with E-state index >= 15 is 0 Å². The van der Waals surface area contributed by atoms with Crippen molar-refractivity contribution >= 4 is 16.5 Å². The molecular formula is C19H20N2OS. The Labute approximate surface area is 140 Å². The van der Waals surface area contributed by atoms with Crippen LogP contribution in [0.25, 0.3) is 11.3 Å². The van der Waals surface area contributed by atoms with Gasteiger partial charge in [0.1, 0.15) is 0 Å². The second-order valence-corrected chi connectivity index (χ2v) is 6.45. The van der Waals surface area contributed by atoms with Crippen molar-refractivity contribution in [2.24, 2.45) is 0 Å². The van der Waals surface area contributed by atoms with Gasteiger partial charge in [0.05, 0.1) is 17.8 Å². The van der Waals surface area contributed by atoms with E-state index in [1.807, 2.05) is 43.3 Å². The molecule has 4 heteroatoms. The monoisotopic (exact) mass is 324 g/mol. The van der Waals surface area contributed by atoms with E-state index < -0.39 is 0 Å². The Kier molecular flexibility index (Phi) is 5.05. The summed E-state index contributed by atoms with van der Waals surface area (Å²) < 4.78 is 0. The van der Waals surface area contributed by atoms with Gasteiger partial charge in [0, 0.05) is 10.9 Å². The summed E-state index contributed by atoms with van der Waals surface area (Å²) in [6.07, 6.45) is 0.269. The van der Waals surface area contributed by atoms with Crippen LogP contribution >= 0.6 is 11.3 Å². The number of benzene rings is 2. The first kappa shape index (κ1) is 15.7. The fraction of sp³-hybridized carbons (Fsp3) is 0.211. The molecule has 0 saturated carbocycles. The quantitative estimate of drug-likeness (QED) is 0.689. The summed E-state index contributed by atoms with van der Waals surface area (Å²) in [5.41, 5.74) is 3.25. The van der Waals surface area contributed by atoms with Crippen LogP contribution in [0.2, 0.25) is 0 Å². The fourth-order valence-corrected chi connectivity index (χ4v) is 3.31. The maximum absolute atomic E-state index is 9.79. The molecule has 0 aliphatic rings. The molecule has 0 radical (unpaired) electrons. The largest absolute Gasteiger partial charge is 0.393 e. The number of rotatable bonds is 6. The Morgan fingerprint density at radius 3 is 2.35 bits per heavy atom. The predicted molar refractivity (Wildman–Crippen MR) is 96.7 cm³/mol. The van der Waals surface area contributed by atoms with E-state index in [1.54, 1.807) is 11.3 Å². The molecule has 23 heavy (non-hydrogen) atoms. The molecule has 0 spiro atoms. The number of aliphatic hydroxyl groups excluding tert-OH is 1. The third-order valence-corrected chi connectivity index (χ3v) is 4.42. The zero-order valence-electron chi connectivity index (χ0n) is 13.0. The molecule has 0 fully saturated rings. The van der Waals surface area contributed by atoms with Gasteiger partial charge in [-0.25, -0.2) is 4.98 Å². The molecule has 118 valence electrons. The fourth-order valence-electron chi connectivity index (χ4n) is 2.54. The zero-order valence-corrected chi connectivity index (χ0v) is 13.8. The standard InChI is InChI=1S/C19H20N2OS/c1-14(22)12-17(15-8-4-2-5-9-15)20-19-21-18(13-23-19)16-10-6-3-7-11-16/h2-11,13-14,17,22H,12H2,1H3,(H,20,21). The number of nitrogens with one attached hydrogen (secondary N) is 1. The van der Waals surface area contributed by atoms with Crippen LogP contribution in [-0.4, -0.2) is 16.2 Å². The van der Waals surface area contributed by atoms with Crippen LogP contribution in [0.3, 0.4) is 0 Å². The zero-order chi connectivity index (χ0) is 16.1. The van der Waals surface area contributed by atoms with Crippen LogP contribution in [-0.2, 0) is 0 Å². The van der Waals surface area contributed by atoms with E-state index in [0.717, 1.165) is 22.0 Å². The highest BCUT2D eigenvalue weighted by molar-refractivity contribution is 7.14. The van der Waals surface area contributed by atoms with E-state index in [2.05, 4.69) is 39.9 Å². The Bertz CT molecular complexity index is 725. The summed E-state index contributed by atoms with van der Waals surface area (Å²) in [6.45, 7) is 1.81. The summed E-state index contributed by atoms with van der Waals surface area (Å²) in [4.78, 5) is 4.68. The van der Waals surface area contributed by atoms with Gasteiger partial charge in [-0.15, -0.1) is 11.3 Å². The van der Waals surface area contributed by atoms with Crippen molar-refractivity contribution in [1.82, 2.24) is 4.98 Å². The van der Waals surface area contributed by atoms with Gasteiger partial charge in [-0.2, -0.15) is 0 Å². The SMILES string of the molecule is CC(O)CC(Nc1nc(-c2ccccc2)cs1)c1ccccc1. The molecule has 2 aromatic carbocycles. The number of aromatic nitrogens is 1. The summed E-state index contributed by atoms with van der Waals surface area (Å²) >= 11 is 1.59. The minimum Gasteiger partial charge on any atom is -0.393 e. The minimum absolute atomic E-state index is 0.0472. The number of hydrogen-bond donors (Lipinski definition) is 2. The average molecular weight is 324 g/mol. The Morgan fingerprint density at radius 2 is 1.70 bits per heavy atom. The molecule has 0 aliphatic heterocycles. The first-order valence-corrected chi connectivity index (χ1v) is 8.61. The first-order chi connectivity index (χ1) is 11.2. The van der Waals surface area contributed by atoms with Gasteiger partial charge in [0.25, 0.3) is 0 Å². The third kappa shape index (κ3) is 4.18.